The van der Waals surface area contributed by atoms with Crippen LogP contribution < -0.4 is 26.0 Å². The predicted molar refractivity (Wildman–Crippen MR) is 130 cm³/mol. The Morgan fingerprint density at radius 1 is 1.24 bits per heavy atom. The fourth-order valence-electron chi connectivity index (χ4n) is 4.13. The lowest BCUT2D eigenvalue weighted by atomic mass is 9.97. The number of morpholine rings is 1. The molecule has 2 aromatic heterocycles. The lowest BCUT2D eigenvalue weighted by molar-refractivity contribution is -0.109. The van der Waals surface area contributed by atoms with E-state index in [1.165, 1.54) is 7.11 Å². The number of nitrogen functional groups attached to an aromatic ring is 1. The number of nitrogens with one attached hydrogen (secondary N) is 2. The van der Waals surface area contributed by atoms with Gasteiger partial charge in [0.1, 0.15) is 18.1 Å². The van der Waals surface area contributed by atoms with Gasteiger partial charge in [-0.3, -0.25) is 0 Å². The zero-order valence-corrected chi connectivity index (χ0v) is 18.7. The number of rotatable bonds is 6. The number of aromatic nitrogens is 3. The highest BCUT2D eigenvalue weighted by Crippen LogP contribution is 2.36. The summed E-state index contributed by atoms with van der Waals surface area (Å²) in [7, 11) is 1.52. The van der Waals surface area contributed by atoms with E-state index in [2.05, 4.69) is 37.6 Å². The number of hydrogen-bond donors (Lipinski definition) is 3. The van der Waals surface area contributed by atoms with Crippen molar-refractivity contribution in [3.8, 4) is 17.1 Å². The summed E-state index contributed by atoms with van der Waals surface area (Å²) in [5.74, 6) is 0.993. The van der Waals surface area contributed by atoms with Crippen LogP contribution in [0.2, 0.25) is 0 Å². The number of benzene rings is 1. The average molecular weight is 460 g/mol. The van der Waals surface area contributed by atoms with Crippen molar-refractivity contribution in [1.29, 1.82) is 0 Å². The van der Waals surface area contributed by atoms with Gasteiger partial charge in [0.2, 0.25) is 11.8 Å². The number of fused-ring (bicyclic) bond motifs is 1. The zero-order valence-electron chi connectivity index (χ0n) is 18.7. The molecular formula is C24H25N7O3. The lowest BCUT2D eigenvalue weighted by Crippen LogP contribution is -2.36. The molecule has 1 unspecified atom stereocenters. The largest absolute Gasteiger partial charge is 0.480 e. The molecule has 1 aromatic carbocycles. The Morgan fingerprint density at radius 3 is 2.76 bits per heavy atom. The van der Waals surface area contributed by atoms with Crippen molar-refractivity contribution in [2.75, 3.05) is 49.4 Å². The molecule has 3 aromatic rings. The summed E-state index contributed by atoms with van der Waals surface area (Å²) < 4.78 is 10.8. The predicted octanol–water partition coefficient (Wildman–Crippen LogP) is 2.52. The molecule has 1 fully saturated rings. The number of carbonyl (C=O) groups excluding carboxylic acids is 1. The summed E-state index contributed by atoms with van der Waals surface area (Å²) in [6, 6.07) is 9.49. The molecule has 1 saturated heterocycles. The zero-order chi connectivity index (χ0) is 23.5. The van der Waals surface area contributed by atoms with E-state index in [0.29, 0.717) is 23.0 Å². The summed E-state index contributed by atoms with van der Waals surface area (Å²) in [5.41, 5.74) is 10.5. The SMILES string of the molecule is COc1nc(N)ncc1-c1cc2c(c(Nc3ccc(N4CCOCC4)cc3)n1)C(C=O)NC=C2. The Kier molecular flexibility index (Phi) is 5.96. The second-order valence-corrected chi connectivity index (χ2v) is 7.90. The number of carbonyl (C=O) groups is 1. The number of nitrogens with two attached hydrogens (primary N) is 1. The molecule has 4 N–H and O–H groups in total. The molecule has 0 amide bonds. The molecule has 174 valence electrons. The first-order valence-corrected chi connectivity index (χ1v) is 11.0. The smallest absolute Gasteiger partial charge is 0.227 e. The molecule has 10 nitrogen and oxygen atoms in total. The molecule has 5 rings (SSSR count). The van der Waals surface area contributed by atoms with Gasteiger partial charge in [0, 0.05) is 36.2 Å². The molecule has 2 aliphatic heterocycles. The molecule has 0 saturated carbocycles. The van der Waals surface area contributed by atoms with Gasteiger partial charge in [0.05, 0.1) is 31.6 Å². The highest BCUT2D eigenvalue weighted by molar-refractivity contribution is 5.81. The minimum Gasteiger partial charge on any atom is -0.480 e. The van der Waals surface area contributed by atoms with Crippen molar-refractivity contribution >= 4 is 35.5 Å². The summed E-state index contributed by atoms with van der Waals surface area (Å²) >= 11 is 0. The van der Waals surface area contributed by atoms with Crippen molar-refractivity contribution < 1.29 is 14.3 Å². The van der Waals surface area contributed by atoms with Crippen LogP contribution >= 0.6 is 0 Å². The Hall–Kier alpha value is -4.18. The standard InChI is InChI=1S/C24H25N7O3/c1-33-23-18(13-27-24(25)30-23)19-12-15-6-7-26-20(14-32)21(15)22(29-19)28-16-2-4-17(5-3-16)31-8-10-34-11-9-31/h2-7,12-14,20,26H,8-11H2,1H3,(H,28,29)(H2,25,27,30). The molecule has 0 aliphatic carbocycles. The van der Waals surface area contributed by atoms with Crippen molar-refractivity contribution in [3.05, 3.63) is 53.9 Å². The molecule has 1 atom stereocenters. The van der Waals surface area contributed by atoms with Gasteiger partial charge in [-0.05, 0) is 48.2 Å². The van der Waals surface area contributed by atoms with E-state index in [-0.39, 0.29) is 5.95 Å². The minimum absolute atomic E-state index is 0.113. The molecule has 10 heteroatoms. The highest BCUT2D eigenvalue weighted by Gasteiger charge is 2.24. The maximum Gasteiger partial charge on any atom is 0.227 e. The molecule has 0 radical (unpaired) electrons. The van der Waals surface area contributed by atoms with Crippen molar-refractivity contribution in [3.63, 3.8) is 0 Å². The van der Waals surface area contributed by atoms with E-state index in [1.54, 1.807) is 12.4 Å². The molecule has 34 heavy (non-hydrogen) atoms. The summed E-state index contributed by atoms with van der Waals surface area (Å²) in [6.07, 6.45) is 6.10. The van der Waals surface area contributed by atoms with Crippen molar-refractivity contribution in [1.82, 2.24) is 20.3 Å². The quantitative estimate of drug-likeness (QED) is 0.473. The van der Waals surface area contributed by atoms with Crippen LogP contribution in [-0.4, -0.2) is 54.7 Å². The summed E-state index contributed by atoms with van der Waals surface area (Å²) in [5, 5.41) is 6.47. The van der Waals surface area contributed by atoms with Crippen LogP contribution in [-0.2, 0) is 9.53 Å². The Bertz CT molecular complexity index is 1220. The van der Waals surface area contributed by atoms with E-state index in [0.717, 1.165) is 55.1 Å². The second kappa shape index (κ2) is 9.36. The van der Waals surface area contributed by atoms with Gasteiger partial charge in [-0.25, -0.2) is 9.97 Å². The third-order valence-electron chi connectivity index (χ3n) is 5.82. The van der Waals surface area contributed by atoms with Gasteiger partial charge >= 0.3 is 0 Å². The molecular weight excluding hydrogens is 434 g/mol. The van der Waals surface area contributed by atoms with Gasteiger partial charge in [-0.1, -0.05) is 0 Å². The molecule has 2 aliphatic rings. The Labute approximate surface area is 196 Å². The molecule has 0 bridgehead atoms. The first-order chi connectivity index (χ1) is 16.7. The van der Waals surface area contributed by atoms with Gasteiger partial charge in [0.25, 0.3) is 0 Å². The normalized spacial score (nSPS) is 17.0. The number of methoxy groups -OCH3 is 1. The van der Waals surface area contributed by atoms with Crippen LogP contribution in [0.5, 0.6) is 5.88 Å². The number of aldehydes is 1. The lowest BCUT2D eigenvalue weighted by Gasteiger charge is -2.29. The topological polar surface area (TPSA) is 128 Å². The fourth-order valence-corrected chi connectivity index (χ4v) is 4.13. The van der Waals surface area contributed by atoms with E-state index in [1.807, 2.05) is 24.3 Å². The number of pyridine rings is 1. The van der Waals surface area contributed by atoms with Crippen LogP contribution in [0, 0.1) is 0 Å². The van der Waals surface area contributed by atoms with Crippen LogP contribution in [0.15, 0.2) is 42.7 Å². The van der Waals surface area contributed by atoms with Crippen molar-refractivity contribution in [2.24, 2.45) is 0 Å². The minimum atomic E-state index is -0.527. The van der Waals surface area contributed by atoms with Crippen LogP contribution in [0.4, 0.5) is 23.1 Å². The van der Waals surface area contributed by atoms with Crippen LogP contribution in [0.25, 0.3) is 17.3 Å². The third-order valence-corrected chi connectivity index (χ3v) is 5.82. The van der Waals surface area contributed by atoms with E-state index >= 15 is 0 Å². The maximum absolute atomic E-state index is 11.8. The van der Waals surface area contributed by atoms with E-state index < -0.39 is 6.04 Å². The van der Waals surface area contributed by atoms with Crippen LogP contribution in [0.3, 0.4) is 0 Å². The number of nitrogens with zero attached hydrogens (tertiary/aromatic N) is 4. The first-order valence-electron chi connectivity index (χ1n) is 11.0. The maximum atomic E-state index is 11.8. The van der Waals surface area contributed by atoms with Gasteiger partial charge in [0.15, 0.2) is 0 Å². The highest BCUT2D eigenvalue weighted by atomic mass is 16.5. The number of hydrogen-bond acceptors (Lipinski definition) is 10. The molecule has 4 heterocycles. The monoisotopic (exact) mass is 459 g/mol. The fraction of sp³-hybridized carbons (Fsp3) is 0.250. The summed E-state index contributed by atoms with van der Waals surface area (Å²) in [4.78, 5) is 27.2. The summed E-state index contributed by atoms with van der Waals surface area (Å²) in [6.45, 7) is 3.20. The first kappa shape index (κ1) is 21.7. The van der Waals surface area contributed by atoms with Crippen LogP contribution in [0.1, 0.15) is 17.2 Å². The number of anilines is 4. The average Bonchev–Trinajstić information content (AvgIpc) is 2.89. The van der Waals surface area contributed by atoms with Gasteiger partial charge in [-0.2, -0.15) is 4.98 Å². The third kappa shape index (κ3) is 4.23. The van der Waals surface area contributed by atoms with E-state index in [4.69, 9.17) is 20.2 Å². The Morgan fingerprint density at radius 2 is 2.03 bits per heavy atom. The second-order valence-electron chi connectivity index (χ2n) is 7.90. The Balaban J connectivity index is 1.53. The molecule has 0 spiro atoms. The number of ether oxygens (including phenoxy) is 2. The van der Waals surface area contributed by atoms with E-state index in [9.17, 15) is 4.79 Å². The van der Waals surface area contributed by atoms with Crippen molar-refractivity contribution in [2.45, 2.75) is 6.04 Å². The van der Waals surface area contributed by atoms with Gasteiger partial charge < -0.3 is 35.5 Å². The van der Waals surface area contributed by atoms with Gasteiger partial charge in [-0.15, -0.1) is 0 Å².